The van der Waals surface area contributed by atoms with Crippen LogP contribution in [-0.4, -0.2) is 35.2 Å². The number of benzene rings is 3. The molecule has 0 heterocycles. The molecule has 0 amide bonds. The second kappa shape index (κ2) is 14.2. The third-order valence-corrected chi connectivity index (χ3v) is 8.10. The first-order chi connectivity index (χ1) is 16.1. The van der Waals surface area contributed by atoms with Crippen LogP contribution >= 0.6 is 9.69 Å². The van der Waals surface area contributed by atoms with E-state index in [0.717, 1.165) is 4.31 Å². The number of nitrogens with zero attached hydrogens (tertiary/aromatic N) is 2. The van der Waals surface area contributed by atoms with Crippen LogP contribution in [-0.2, 0) is 43.1 Å². The number of hydrogen-bond acceptors (Lipinski definition) is 4. The summed E-state index contributed by atoms with van der Waals surface area (Å²) in [7, 11) is -0.603. The first kappa shape index (κ1) is 31.4. The quantitative estimate of drug-likeness (QED) is 0.221. The van der Waals surface area contributed by atoms with Crippen molar-refractivity contribution in [3.8, 4) is 0 Å². The van der Waals surface area contributed by atoms with Crippen molar-refractivity contribution < 1.29 is 34.1 Å². The summed E-state index contributed by atoms with van der Waals surface area (Å²) in [5, 5.41) is 0. The first-order valence-electron chi connectivity index (χ1n) is 10.0. The predicted molar refractivity (Wildman–Crippen MR) is 138 cm³/mol. The van der Waals surface area contributed by atoms with Gasteiger partial charge in [0.15, 0.2) is 0 Å². The van der Waals surface area contributed by atoms with E-state index in [4.69, 9.17) is 5.73 Å². The molecule has 0 saturated heterocycles. The third kappa shape index (κ3) is 8.46. The van der Waals surface area contributed by atoms with Crippen LogP contribution in [0.25, 0.3) is 10.5 Å². The fourth-order valence-electron chi connectivity index (χ4n) is 3.29. The van der Waals surface area contributed by atoms with Gasteiger partial charge in [0.1, 0.15) is 0 Å². The summed E-state index contributed by atoms with van der Waals surface area (Å²) in [6.45, 7) is 0. The van der Waals surface area contributed by atoms with E-state index >= 15 is 0 Å². The van der Waals surface area contributed by atoms with Gasteiger partial charge in [0.05, 0.1) is 20.7 Å². The Morgan fingerprint density at radius 2 is 1.29 bits per heavy atom. The van der Waals surface area contributed by atoms with Crippen LogP contribution in [0.3, 0.4) is 0 Å². The number of rotatable bonds is 9. The van der Waals surface area contributed by atoms with E-state index in [1.807, 2.05) is 23.4 Å². The van der Waals surface area contributed by atoms with Crippen LogP contribution in [0.2, 0.25) is 0 Å². The molecule has 3 aromatic carbocycles. The van der Waals surface area contributed by atoms with Crippen molar-refractivity contribution in [1.82, 2.24) is 4.31 Å². The van der Waals surface area contributed by atoms with Crippen molar-refractivity contribution in [2.75, 3.05) is 14.1 Å². The van der Waals surface area contributed by atoms with Gasteiger partial charge >= 0.3 is 27.0 Å². The number of nitrogens with one attached hydrogen (secondary N) is 1. The van der Waals surface area contributed by atoms with E-state index in [2.05, 4.69) is 14.4 Å². The van der Waals surface area contributed by atoms with Gasteiger partial charge in [-0.05, 0) is 11.6 Å². The molecule has 11 heteroatoms. The molecule has 0 aliphatic carbocycles. The average Bonchev–Trinajstić information content (AvgIpc) is 2.84. The topological polar surface area (TPSA) is 109 Å². The molecule has 0 fully saturated rings. The molecule has 1 N–H and O–H groups in total. The Labute approximate surface area is 223 Å². The van der Waals surface area contributed by atoms with Gasteiger partial charge in [-0.2, -0.15) is 0 Å². The normalized spacial score (nSPS) is 13.2. The molecule has 35 heavy (non-hydrogen) atoms. The molecule has 2 unspecified atom stereocenters. The van der Waals surface area contributed by atoms with Crippen LogP contribution in [0, 0.1) is 7.43 Å². The molecule has 7 nitrogen and oxygen atoms in total. The summed E-state index contributed by atoms with van der Waals surface area (Å²) in [6, 6.07) is 21.8. The zero-order valence-corrected chi connectivity index (χ0v) is 23.6. The van der Waals surface area contributed by atoms with Gasteiger partial charge in [-0.25, -0.2) is 21.1 Å². The molecule has 0 aliphatic heterocycles. The van der Waals surface area contributed by atoms with Gasteiger partial charge in [0, 0.05) is 14.1 Å². The van der Waals surface area contributed by atoms with Crippen LogP contribution in [0.1, 0.15) is 28.8 Å². The van der Waals surface area contributed by atoms with Crippen LogP contribution in [0.15, 0.2) is 89.8 Å². The van der Waals surface area contributed by atoms with Gasteiger partial charge in [-0.3, -0.25) is 0 Å². The van der Waals surface area contributed by atoms with Crippen molar-refractivity contribution in [3.63, 3.8) is 0 Å². The van der Waals surface area contributed by atoms with E-state index in [1.54, 1.807) is 66.7 Å². The van der Waals surface area contributed by atoms with Crippen molar-refractivity contribution in [2.24, 2.45) is 0 Å². The van der Waals surface area contributed by atoms with Gasteiger partial charge in [0.2, 0.25) is 10.0 Å². The molecule has 0 saturated carbocycles. The van der Waals surface area contributed by atoms with E-state index in [9.17, 15) is 16.8 Å². The van der Waals surface area contributed by atoms with Gasteiger partial charge in [0.25, 0.3) is 0 Å². The molecule has 3 aromatic rings. The second-order valence-electron chi connectivity index (χ2n) is 7.47. The summed E-state index contributed by atoms with van der Waals surface area (Å²) < 4.78 is 56.6. The molecule has 0 aliphatic rings. The SMILES string of the molecule is CN(C)S(=O)(=O)c1ccccc1CS(=O)(=O)[N-]C(c1ccccc1)C([NH-])c1ccccc1.[CH3-].[Cl][Ru+3]. The van der Waals surface area contributed by atoms with Crippen molar-refractivity contribution >= 4 is 29.7 Å². The Morgan fingerprint density at radius 1 is 0.829 bits per heavy atom. The molecule has 190 valence electrons. The van der Waals surface area contributed by atoms with E-state index in [-0.39, 0.29) is 17.9 Å². The zero-order chi connectivity index (χ0) is 25.4. The van der Waals surface area contributed by atoms with E-state index in [1.165, 1.54) is 26.2 Å². The van der Waals surface area contributed by atoms with E-state index < -0.39 is 37.9 Å². The van der Waals surface area contributed by atoms with Crippen LogP contribution < -0.4 is 0 Å². The Bertz CT molecular complexity index is 1260. The fraction of sp³-hybridized carbons (Fsp3) is 0.208. The number of sulfonamides is 2. The maximum atomic E-state index is 13.1. The van der Waals surface area contributed by atoms with Crippen molar-refractivity contribution in [1.29, 1.82) is 0 Å². The third-order valence-electron chi connectivity index (χ3n) is 4.96. The second-order valence-corrected chi connectivity index (χ2v) is 11.3. The Balaban J connectivity index is 0.00000199. The molecule has 2 atom stereocenters. The molecule has 3 rings (SSSR count). The van der Waals surface area contributed by atoms with Crippen molar-refractivity contribution in [2.45, 2.75) is 22.7 Å². The Kier molecular flexibility index (Phi) is 12.7. The van der Waals surface area contributed by atoms with Crippen LogP contribution in [0.5, 0.6) is 0 Å². The average molecular weight is 623 g/mol. The molecule has 0 aromatic heterocycles. The minimum absolute atomic E-state index is 0. The molecular formula is C24H28ClN3O4RuS2. The molecule has 0 radical (unpaired) electrons. The van der Waals surface area contributed by atoms with E-state index in [0.29, 0.717) is 11.1 Å². The van der Waals surface area contributed by atoms with Crippen molar-refractivity contribution in [3.05, 3.63) is 120 Å². The monoisotopic (exact) mass is 623 g/mol. The first-order valence-corrected chi connectivity index (χ1v) is 15.3. The Hall–Kier alpha value is -1.65. The fourth-order valence-corrected chi connectivity index (χ4v) is 5.80. The summed E-state index contributed by atoms with van der Waals surface area (Å²) in [5.41, 5.74) is 10.1. The molecular weight excluding hydrogens is 595 g/mol. The Morgan fingerprint density at radius 3 is 1.80 bits per heavy atom. The van der Waals surface area contributed by atoms with Gasteiger partial charge in [-0.1, -0.05) is 90.0 Å². The minimum atomic E-state index is -4.12. The molecule has 0 bridgehead atoms. The van der Waals surface area contributed by atoms with Gasteiger partial charge < -0.3 is 17.9 Å². The number of hydrogen-bond donors (Lipinski definition) is 0. The van der Waals surface area contributed by atoms with Crippen LogP contribution in [0.4, 0.5) is 0 Å². The maximum absolute atomic E-state index is 13.1. The zero-order valence-electron chi connectivity index (χ0n) is 19.5. The molecule has 0 spiro atoms. The summed E-state index contributed by atoms with van der Waals surface area (Å²) in [6.07, 6.45) is 0. The summed E-state index contributed by atoms with van der Waals surface area (Å²) in [5.74, 6) is -0.582. The van der Waals surface area contributed by atoms with Gasteiger partial charge in [-0.15, -0.1) is 12.1 Å². The standard InChI is InChI=1S/C23H25N3O4S2.CH3.ClH.Ru/c1-26(2)32(29,30)21-16-10-9-15-20(21)17-31(27,28)25-23(19-13-7-4-8-14-19)22(24)18-11-5-3-6-12-18;;;/h3-16,22-24H,17H2,1-2H3;1H3;1H;/q-2;-1;;+4/p-1. The number of halogens is 1. The summed E-state index contributed by atoms with van der Waals surface area (Å²) in [4.78, 5) is -0.0782. The predicted octanol–water partition coefficient (Wildman–Crippen LogP) is 5.81. The summed E-state index contributed by atoms with van der Waals surface area (Å²) >= 11 is 1.82.